The van der Waals surface area contributed by atoms with E-state index in [2.05, 4.69) is 20.7 Å². The third-order valence-corrected chi connectivity index (χ3v) is 8.09. The Hall–Kier alpha value is -1.10. The minimum atomic E-state index is -3.67. The molecule has 0 unspecified atom stereocenters. The first-order valence-corrected chi connectivity index (χ1v) is 12.0. The zero-order valence-electron chi connectivity index (χ0n) is 12.7. The number of rotatable bonds is 4. The van der Waals surface area contributed by atoms with E-state index < -0.39 is 20.0 Å². The van der Waals surface area contributed by atoms with Crippen LogP contribution in [0.25, 0.3) is 0 Å². The summed E-state index contributed by atoms with van der Waals surface area (Å²) in [5.41, 5.74) is 1.66. The van der Waals surface area contributed by atoms with Gasteiger partial charge >= 0.3 is 0 Å². The molecule has 0 fully saturated rings. The predicted octanol–water partition coefficient (Wildman–Crippen LogP) is 3.02. The fourth-order valence-corrected chi connectivity index (χ4v) is 6.93. The first-order chi connectivity index (χ1) is 11.2. The topological polar surface area (TPSA) is 83.6 Å². The summed E-state index contributed by atoms with van der Waals surface area (Å²) in [6, 6.07) is 8.28. The van der Waals surface area contributed by atoms with Crippen LogP contribution in [0, 0.1) is 0 Å². The van der Waals surface area contributed by atoms with Crippen LogP contribution in [0.4, 0.5) is 11.4 Å². The van der Waals surface area contributed by atoms with E-state index in [-0.39, 0.29) is 4.21 Å². The molecule has 0 atom stereocenters. The number of hydrogen-bond donors (Lipinski definition) is 1. The average Bonchev–Trinajstić information content (AvgIpc) is 2.93. The zero-order valence-corrected chi connectivity index (χ0v) is 16.7. The lowest BCUT2D eigenvalue weighted by Crippen LogP contribution is -2.35. The highest BCUT2D eigenvalue weighted by atomic mass is 79.9. The first-order valence-electron chi connectivity index (χ1n) is 7.06. The van der Waals surface area contributed by atoms with Crippen LogP contribution in [0.5, 0.6) is 0 Å². The van der Waals surface area contributed by atoms with Crippen molar-refractivity contribution in [2.45, 2.75) is 17.1 Å². The molecule has 24 heavy (non-hydrogen) atoms. The quantitative estimate of drug-likeness (QED) is 0.775. The highest BCUT2D eigenvalue weighted by molar-refractivity contribution is 9.11. The fraction of sp³-hybridized carbons (Fsp3) is 0.286. The van der Waals surface area contributed by atoms with Crippen LogP contribution in [0.2, 0.25) is 0 Å². The number of halogens is 1. The second-order valence-corrected chi connectivity index (χ2v) is 11.7. The van der Waals surface area contributed by atoms with Crippen LogP contribution in [0.3, 0.4) is 0 Å². The number of sulfonamides is 2. The normalized spacial score (nSPS) is 15.2. The second kappa shape index (κ2) is 6.32. The summed E-state index contributed by atoms with van der Waals surface area (Å²) in [6.45, 7) is 0.368. The molecular formula is C14H15BrN2O4S3. The van der Waals surface area contributed by atoms with E-state index in [1.807, 2.05) is 0 Å². The van der Waals surface area contributed by atoms with Gasteiger partial charge in [-0.05, 0) is 53.0 Å². The number of fused-ring (bicyclic) bond motifs is 1. The molecule has 10 heteroatoms. The lowest BCUT2D eigenvalue weighted by atomic mass is 10.0. The Morgan fingerprint density at radius 1 is 1.17 bits per heavy atom. The maximum atomic E-state index is 12.9. The van der Waals surface area contributed by atoms with Crippen LogP contribution >= 0.6 is 27.3 Å². The van der Waals surface area contributed by atoms with Gasteiger partial charge in [0.25, 0.3) is 10.0 Å². The summed E-state index contributed by atoms with van der Waals surface area (Å²) in [6.07, 6.45) is 2.32. The van der Waals surface area contributed by atoms with Gasteiger partial charge in [-0.3, -0.25) is 9.03 Å². The number of nitrogens with zero attached hydrogens (tertiary/aromatic N) is 1. The number of anilines is 2. The Bertz CT molecular complexity index is 983. The maximum Gasteiger partial charge on any atom is 0.273 e. The predicted molar refractivity (Wildman–Crippen MR) is 99.8 cm³/mol. The molecule has 1 aliphatic heterocycles. The van der Waals surface area contributed by atoms with Crippen LogP contribution in [0.1, 0.15) is 12.0 Å². The third kappa shape index (κ3) is 3.46. The molecule has 0 radical (unpaired) electrons. The summed E-state index contributed by atoms with van der Waals surface area (Å²) in [5, 5.41) is 0. The summed E-state index contributed by atoms with van der Waals surface area (Å²) >= 11 is 4.44. The van der Waals surface area contributed by atoms with Crippen molar-refractivity contribution in [3.8, 4) is 0 Å². The van der Waals surface area contributed by atoms with Crippen molar-refractivity contribution in [2.75, 3.05) is 21.8 Å². The van der Waals surface area contributed by atoms with Crippen molar-refractivity contribution in [3.05, 3.63) is 39.7 Å². The molecule has 130 valence electrons. The van der Waals surface area contributed by atoms with Gasteiger partial charge in [-0.15, -0.1) is 11.3 Å². The minimum absolute atomic E-state index is 0.253. The summed E-state index contributed by atoms with van der Waals surface area (Å²) < 4.78 is 53.8. The Kier molecular flexibility index (Phi) is 4.67. The van der Waals surface area contributed by atoms with Gasteiger partial charge in [-0.25, -0.2) is 16.8 Å². The van der Waals surface area contributed by atoms with Gasteiger partial charge in [0.2, 0.25) is 10.0 Å². The van der Waals surface area contributed by atoms with Crippen molar-refractivity contribution >= 4 is 58.7 Å². The van der Waals surface area contributed by atoms with Gasteiger partial charge in [0.1, 0.15) is 4.21 Å². The summed E-state index contributed by atoms with van der Waals surface area (Å²) in [5.74, 6) is 0. The molecule has 0 aliphatic carbocycles. The van der Waals surface area contributed by atoms with Crippen molar-refractivity contribution in [1.82, 2.24) is 0 Å². The lowest BCUT2D eigenvalue weighted by molar-refractivity contribution is 0.588. The molecule has 1 N–H and O–H groups in total. The van der Waals surface area contributed by atoms with E-state index in [1.165, 1.54) is 4.31 Å². The molecule has 1 aliphatic rings. The molecule has 6 nitrogen and oxygen atoms in total. The van der Waals surface area contributed by atoms with Gasteiger partial charge in [0.05, 0.1) is 21.4 Å². The molecule has 0 bridgehead atoms. The van der Waals surface area contributed by atoms with Gasteiger partial charge in [0.15, 0.2) is 0 Å². The van der Waals surface area contributed by atoms with Crippen molar-refractivity contribution < 1.29 is 16.8 Å². The van der Waals surface area contributed by atoms with E-state index in [0.29, 0.717) is 36.3 Å². The number of hydrogen-bond acceptors (Lipinski definition) is 5. The monoisotopic (exact) mass is 450 g/mol. The molecule has 2 heterocycles. The molecule has 1 aromatic carbocycles. The molecule has 3 rings (SSSR count). The highest BCUT2D eigenvalue weighted by Crippen LogP contribution is 2.38. The molecule has 0 saturated carbocycles. The maximum absolute atomic E-state index is 12.9. The molecule has 0 saturated heterocycles. The zero-order chi connectivity index (χ0) is 17.5. The van der Waals surface area contributed by atoms with Crippen molar-refractivity contribution in [3.63, 3.8) is 0 Å². The van der Waals surface area contributed by atoms with Gasteiger partial charge in [0, 0.05) is 12.1 Å². The lowest BCUT2D eigenvalue weighted by Gasteiger charge is -2.31. The Morgan fingerprint density at radius 3 is 2.54 bits per heavy atom. The molecular weight excluding hydrogens is 436 g/mol. The van der Waals surface area contributed by atoms with Gasteiger partial charge < -0.3 is 0 Å². The van der Waals surface area contributed by atoms with E-state index in [0.717, 1.165) is 21.4 Å². The van der Waals surface area contributed by atoms with Crippen LogP contribution in [-0.4, -0.2) is 29.6 Å². The minimum Gasteiger partial charge on any atom is -0.283 e. The number of thiophene rings is 1. The van der Waals surface area contributed by atoms with Crippen molar-refractivity contribution in [1.29, 1.82) is 0 Å². The molecule has 0 spiro atoms. The largest absolute Gasteiger partial charge is 0.283 e. The third-order valence-electron chi connectivity index (χ3n) is 3.60. The first kappa shape index (κ1) is 17.7. The highest BCUT2D eigenvalue weighted by Gasteiger charge is 2.31. The SMILES string of the molecule is CS(=O)(=O)Nc1cccc2c1CCCN2S(=O)(=O)c1ccc(Br)s1. The van der Waals surface area contributed by atoms with E-state index in [9.17, 15) is 16.8 Å². The molecule has 1 aromatic heterocycles. The Morgan fingerprint density at radius 2 is 1.92 bits per heavy atom. The van der Waals surface area contributed by atoms with Gasteiger partial charge in [-0.1, -0.05) is 6.07 Å². The molecule has 2 aromatic rings. The number of nitrogens with one attached hydrogen (secondary N) is 1. The fourth-order valence-electron chi connectivity index (χ4n) is 2.68. The van der Waals surface area contributed by atoms with Crippen LogP contribution in [-0.2, 0) is 26.5 Å². The van der Waals surface area contributed by atoms with Crippen molar-refractivity contribution in [2.24, 2.45) is 0 Å². The second-order valence-electron chi connectivity index (χ2n) is 5.42. The average molecular weight is 451 g/mol. The standard InChI is InChI=1S/C14H15BrN2O4S3/c1-23(18,19)16-11-5-2-6-12-10(11)4-3-9-17(12)24(20,21)14-8-7-13(15)22-14/h2,5-8,16H,3-4,9H2,1H3. The smallest absolute Gasteiger partial charge is 0.273 e. The van der Waals surface area contributed by atoms with Crippen LogP contribution in [0.15, 0.2) is 38.3 Å². The van der Waals surface area contributed by atoms with E-state index >= 15 is 0 Å². The summed E-state index contributed by atoms with van der Waals surface area (Å²) in [7, 11) is -7.10. The van der Waals surface area contributed by atoms with E-state index in [1.54, 1.807) is 30.3 Å². The van der Waals surface area contributed by atoms with E-state index in [4.69, 9.17) is 0 Å². The summed E-state index contributed by atoms with van der Waals surface area (Å²) in [4.78, 5) is 0. The Balaban J connectivity index is 2.08. The van der Waals surface area contributed by atoms with Crippen LogP contribution < -0.4 is 9.03 Å². The Labute approximate surface area is 153 Å². The number of benzene rings is 1. The van der Waals surface area contributed by atoms with Gasteiger partial charge in [-0.2, -0.15) is 0 Å². The molecule has 0 amide bonds.